The van der Waals surface area contributed by atoms with Crippen LogP contribution in [0.5, 0.6) is 11.5 Å². The number of rotatable bonds is 6. The molecule has 138 valence electrons. The van der Waals surface area contributed by atoms with Gasteiger partial charge in [0.15, 0.2) is 11.5 Å². The summed E-state index contributed by atoms with van der Waals surface area (Å²) >= 11 is 6.09. The van der Waals surface area contributed by atoms with Gasteiger partial charge in [-0.3, -0.25) is 0 Å². The van der Waals surface area contributed by atoms with Crippen molar-refractivity contribution >= 4 is 29.6 Å². The van der Waals surface area contributed by atoms with Gasteiger partial charge in [0.25, 0.3) is 0 Å². The van der Waals surface area contributed by atoms with Gasteiger partial charge in [-0.2, -0.15) is 5.26 Å². The zero-order valence-electron chi connectivity index (χ0n) is 14.7. The van der Waals surface area contributed by atoms with Gasteiger partial charge in [0, 0.05) is 12.1 Å². The maximum absolute atomic E-state index is 12.1. The molecule has 0 saturated carbocycles. The largest absolute Gasteiger partial charge is 0.490 e. The Bertz CT molecular complexity index is 913. The van der Waals surface area contributed by atoms with Gasteiger partial charge in [-0.25, -0.2) is 9.59 Å². The van der Waals surface area contributed by atoms with Gasteiger partial charge in [-0.05, 0) is 36.8 Å². The molecular weight excluding hydrogens is 370 g/mol. The average molecular weight is 386 g/mol. The van der Waals surface area contributed by atoms with Crippen molar-refractivity contribution in [1.82, 2.24) is 0 Å². The Morgan fingerprint density at radius 1 is 1.22 bits per heavy atom. The van der Waals surface area contributed by atoms with Crippen LogP contribution >= 0.6 is 11.6 Å². The summed E-state index contributed by atoms with van der Waals surface area (Å²) in [4.78, 5) is 23.5. The fraction of sp³-hybridized carbons (Fsp3) is 0.150. The van der Waals surface area contributed by atoms with Crippen molar-refractivity contribution in [2.45, 2.75) is 6.92 Å². The summed E-state index contributed by atoms with van der Waals surface area (Å²) in [6, 6.07) is 11.3. The minimum Gasteiger partial charge on any atom is -0.490 e. The third kappa shape index (κ3) is 5.33. The first kappa shape index (κ1) is 20.0. The van der Waals surface area contributed by atoms with Gasteiger partial charge in [-0.1, -0.05) is 23.7 Å². The summed E-state index contributed by atoms with van der Waals surface area (Å²) in [6.45, 7) is 2.08. The molecule has 0 bridgehead atoms. The monoisotopic (exact) mass is 385 g/mol. The van der Waals surface area contributed by atoms with Gasteiger partial charge < -0.3 is 14.2 Å². The van der Waals surface area contributed by atoms with E-state index in [1.807, 2.05) is 6.07 Å². The normalized spacial score (nSPS) is 10.3. The molecule has 0 saturated heterocycles. The maximum atomic E-state index is 12.1. The fourth-order valence-corrected chi connectivity index (χ4v) is 2.39. The van der Waals surface area contributed by atoms with E-state index in [0.29, 0.717) is 23.3 Å². The number of nitrogens with zero attached hydrogens (tertiary/aromatic N) is 1. The summed E-state index contributed by atoms with van der Waals surface area (Å²) < 4.78 is 15.3. The molecule has 0 spiro atoms. The molecule has 0 atom stereocenters. The van der Waals surface area contributed by atoms with Crippen molar-refractivity contribution in [3.05, 3.63) is 64.2 Å². The van der Waals surface area contributed by atoms with Crippen LogP contribution in [0.2, 0.25) is 5.02 Å². The van der Waals surface area contributed by atoms with E-state index in [9.17, 15) is 9.59 Å². The lowest BCUT2D eigenvalue weighted by atomic mass is 10.1. The number of hydrogen-bond acceptors (Lipinski definition) is 6. The standard InChI is InChI=1S/C20H16ClNO5/c1-3-26-17-11-14(12-22)10-16(21)19(17)27-18(23)9-6-13-4-7-15(8-5-13)20(24)25-2/h4-11H,3H2,1-2H3/b9-6+. The Hall–Kier alpha value is -3.30. The van der Waals surface area contributed by atoms with E-state index < -0.39 is 11.9 Å². The zero-order valence-corrected chi connectivity index (χ0v) is 15.4. The highest BCUT2D eigenvalue weighted by molar-refractivity contribution is 6.32. The van der Waals surface area contributed by atoms with Crippen molar-refractivity contribution in [3.63, 3.8) is 0 Å². The quantitative estimate of drug-likeness (QED) is 0.424. The van der Waals surface area contributed by atoms with E-state index in [0.717, 1.165) is 0 Å². The van der Waals surface area contributed by atoms with Gasteiger partial charge in [0.05, 0.1) is 35.9 Å². The summed E-state index contributed by atoms with van der Waals surface area (Å²) in [5.41, 5.74) is 1.39. The number of esters is 2. The van der Waals surface area contributed by atoms with E-state index in [-0.39, 0.29) is 16.5 Å². The highest BCUT2D eigenvalue weighted by atomic mass is 35.5. The summed E-state index contributed by atoms with van der Waals surface area (Å²) in [6.07, 6.45) is 2.75. The summed E-state index contributed by atoms with van der Waals surface area (Å²) in [7, 11) is 1.30. The molecule has 7 heteroatoms. The highest BCUT2D eigenvalue weighted by Crippen LogP contribution is 2.36. The van der Waals surface area contributed by atoms with Crippen LogP contribution in [0, 0.1) is 11.3 Å². The number of halogens is 1. The second-order valence-electron chi connectivity index (χ2n) is 5.20. The lowest BCUT2D eigenvalue weighted by Gasteiger charge is -2.11. The molecule has 0 amide bonds. The Morgan fingerprint density at radius 2 is 1.93 bits per heavy atom. The highest BCUT2D eigenvalue weighted by Gasteiger charge is 2.15. The van der Waals surface area contributed by atoms with E-state index in [2.05, 4.69) is 4.74 Å². The molecule has 0 radical (unpaired) electrons. The number of hydrogen-bond donors (Lipinski definition) is 0. The van der Waals surface area contributed by atoms with Crippen LogP contribution in [0.15, 0.2) is 42.5 Å². The van der Waals surface area contributed by atoms with Crippen molar-refractivity contribution in [3.8, 4) is 17.6 Å². The molecule has 2 rings (SSSR count). The lowest BCUT2D eigenvalue weighted by Crippen LogP contribution is -2.06. The SMILES string of the molecule is CCOc1cc(C#N)cc(Cl)c1OC(=O)/C=C/c1ccc(C(=O)OC)cc1. The first-order valence-corrected chi connectivity index (χ1v) is 8.31. The molecule has 27 heavy (non-hydrogen) atoms. The van der Waals surface area contributed by atoms with Crippen LogP contribution in [-0.4, -0.2) is 25.7 Å². The number of ether oxygens (including phenoxy) is 3. The van der Waals surface area contributed by atoms with E-state index >= 15 is 0 Å². The average Bonchev–Trinajstić information content (AvgIpc) is 2.68. The van der Waals surface area contributed by atoms with Crippen molar-refractivity contribution in [2.24, 2.45) is 0 Å². The molecule has 0 unspecified atom stereocenters. The third-order valence-corrected chi connectivity index (χ3v) is 3.67. The summed E-state index contributed by atoms with van der Waals surface area (Å²) in [5.74, 6) is -0.845. The number of benzene rings is 2. The first-order chi connectivity index (χ1) is 13.0. The molecule has 0 aromatic heterocycles. The third-order valence-electron chi connectivity index (χ3n) is 3.38. The number of carbonyl (C=O) groups excluding carboxylic acids is 2. The molecule has 0 fully saturated rings. The minimum absolute atomic E-state index is 0.0493. The van der Waals surface area contributed by atoms with E-state index in [1.54, 1.807) is 31.2 Å². The van der Waals surface area contributed by atoms with Crippen LogP contribution in [0.4, 0.5) is 0 Å². The van der Waals surface area contributed by atoms with Gasteiger partial charge in [-0.15, -0.1) is 0 Å². The molecule has 0 heterocycles. The maximum Gasteiger partial charge on any atom is 0.337 e. The fourth-order valence-electron chi connectivity index (χ4n) is 2.14. The van der Waals surface area contributed by atoms with Crippen LogP contribution in [0.3, 0.4) is 0 Å². The molecule has 2 aromatic carbocycles. The smallest absolute Gasteiger partial charge is 0.337 e. The molecule has 2 aromatic rings. The number of nitriles is 1. The predicted octanol–water partition coefficient (Wildman–Crippen LogP) is 4.02. The van der Waals surface area contributed by atoms with Crippen LogP contribution in [0.25, 0.3) is 6.08 Å². The van der Waals surface area contributed by atoms with Crippen LogP contribution in [-0.2, 0) is 9.53 Å². The summed E-state index contributed by atoms with van der Waals surface area (Å²) in [5, 5.41) is 9.09. The molecule has 0 aliphatic carbocycles. The van der Waals surface area contributed by atoms with Crippen molar-refractivity contribution in [2.75, 3.05) is 13.7 Å². The molecule has 0 aliphatic heterocycles. The van der Waals surface area contributed by atoms with Crippen molar-refractivity contribution < 1.29 is 23.8 Å². The first-order valence-electron chi connectivity index (χ1n) is 7.93. The van der Waals surface area contributed by atoms with E-state index in [4.69, 9.17) is 26.3 Å². The lowest BCUT2D eigenvalue weighted by molar-refractivity contribution is -0.129. The second-order valence-corrected chi connectivity index (χ2v) is 5.61. The molecule has 6 nitrogen and oxygen atoms in total. The van der Waals surface area contributed by atoms with Crippen LogP contribution in [0.1, 0.15) is 28.4 Å². The molecular formula is C20H16ClNO5. The molecule has 0 N–H and O–H groups in total. The van der Waals surface area contributed by atoms with Gasteiger partial charge in [0.2, 0.25) is 0 Å². The molecule has 0 aliphatic rings. The Morgan fingerprint density at radius 3 is 2.52 bits per heavy atom. The number of carbonyl (C=O) groups is 2. The predicted molar refractivity (Wildman–Crippen MR) is 99.8 cm³/mol. The van der Waals surface area contributed by atoms with Gasteiger partial charge in [0.1, 0.15) is 0 Å². The van der Waals surface area contributed by atoms with Crippen LogP contribution < -0.4 is 9.47 Å². The second kappa shape index (κ2) is 9.41. The topological polar surface area (TPSA) is 85.6 Å². The van der Waals surface area contributed by atoms with Gasteiger partial charge >= 0.3 is 11.9 Å². The minimum atomic E-state index is -0.667. The van der Waals surface area contributed by atoms with Crippen molar-refractivity contribution in [1.29, 1.82) is 5.26 Å². The zero-order chi connectivity index (χ0) is 19.8. The Balaban J connectivity index is 2.14. The van der Waals surface area contributed by atoms with E-state index in [1.165, 1.54) is 31.4 Å². The Labute approximate surface area is 161 Å². The Kier molecular flexibility index (Phi) is 6.98. The number of methoxy groups -OCH3 is 1.